The second-order valence-electron chi connectivity index (χ2n) is 5.20. The van der Waals surface area contributed by atoms with E-state index >= 15 is 0 Å². The van der Waals surface area contributed by atoms with Gasteiger partial charge in [-0.05, 0) is 35.9 Å². The summed E-state index contributed by atoms with van der Waals surface area (Å²) in [6.45, 7) is 0. The van der Waals surface area contributed by atoms with E-state index in [1.807, 2.05) is 42.5 Å². The highest BCUT2D eigenvalue weighted by molar-refractivity contribution is 6.31. The van der Waals surface area contributed by atoms with Crippen molar-refractivity contribution in [1.29, 1.82) is 0 Å². The molecular weight excluding hydrogens is 327 g/mol. The molecule has 1 amide bonds. The van der Waals surface area contributed by atoms with E-state index < -0.39 is 17.8 Å². The number of nitrogens with one attached hydrogen (secondary N) is 1. The van der Waals surface area contributed by atoms with Crippen LogP contribution in [0.2, 0.25) is 5.02 Å². The number of benzene rings is 2. The van der Waals surface area contributed by atoms with Crippen molar-refractivity contribution in [3.8, 4) is 0 Å². The minimum absolute atomic E-state index is 0.0978. The van der Waals surface area contributed by atoms with Gasteiger partial charge in [-0.2, -0.15) is 0 Å². The fourth-order valence-corrected chi connectivity index (χ4v) is 2.57. The van der Waals surface area contributed by atoms with E-state index in [0.29, 0.717) is 10.7 Å². The number of carbonyl (C=O) groups is 1. The number of amides is 1. The Kier molecular flexibility index (Phi) is 4.87. The lowest BCUT2D eigenvalue weighted by molar-refractivity contribution is 0.0938. The van der Waals surface area contributed by atoms with E-state index in [-0.39, 0.29) is 5.56 Å². The molecule has 2 aromatic carbocycles. The van der Waals surface area contributed by atoms with Crippen LogP contribution in [0.15, 0.2) is 72.9 Å². The molecule has 0 aliphatic heterocycles. The Morgan fingerprint density at radius 1 is 1.04 bits per heavy atom. The van der Waals surface area contributed by atoms with E-state index in [0.717, 1.165) is 5.56 Å². The Balaban J connectivity index is 1.95. The van der Waals surface area contributed by atoms with Crippen LogP contribution in [0, 0.1) is 5.82 Å². The van der Waals surface area contributed by atoms with Crippen molar-refractivity contribution in [2.45, 2.75) is 6.04 Å². The maximum atomic E-state index is 13.9. The van der Waals surface area contributed by atoms with E-state index in [9.17, 15) is 9.18 Å². The molecule has 0 aliphatic carbocycles. The molecule has 3 rings (SSSR count). The van der Waals surface area contributed by atoms with Gasteiger partial charge in [0.25, 0.3) is 5.91 Å². The van der Waals surface area contributed by atoms with Crippen LogP contribution in [0.5, 0.6) is 0 Å². The summed E-state index contributed by atoms with van der Waals surface area (Å²) in [4.78, 5) is 16.8. The predicted octanol–water partition coefficient (Wildman–Crippen LogP) is 4.39. The van der Waals surface area contributed by atoms with E-state index in [2.05, 4.69) is 10.3 Å². The minimum atomic E-state index is -0.621. The number of carbonyl (C=O) groups excluding carboxylic acids is 1. The maximum absolute atomic E-state index is 13.9. The Hall–Kier alpha value is -2.72. The van der Waals surface area contributed by atoms with Gasteiger partial charge in [0.1, 0.15) is 5.82 Å². The molecule has 3 aromatic rings. The summed E-state index contributed by atoms with van der Waals surface area (Å²) in [5.74, 6) is -1.17. The number of hydrogen-bond acceptors (Lipinski definition) is 2. The molecule has 0 spiro atoms. The molecule has 24 heavy (non-hydrogen) atoms. The molecule has 0 fully saturated rings. The zero-order valence-corrected chi connectivity index (χ0v) is 13.4. The van der Waals surface area contributed by atoms with Crippen molar-refractivity contribution in [3.05, 3.63) is 101 Å². The molecule has 0 bridgehead atoms. The van der Waals surface area contributed by atoms with Crippen molar-refractivity contribution in [2.75, 3.05) is 0 Å². The highest BCUT2D eigenvalue weighted by Gasteiger charge is 2.20. The third-order valence-corrected chi connectivity index (χ3v) is 3.80. The Morgan fingerprint density at radius 3 is 2.50 bits per heavy atom. The van der Waals surface area contributed by atoms with Crippen molar-refractivity contribution in [3.63, 3.8) is 0 Å². The molecule has 1 N–H and O–H groups in total. The zero-order valence-electron chi connectivity index (χ0n) is 12.6. The average Bonchev–Trinajstić information content (AvgIpc) is 2.63. The summed E-state index contributed by atoms with van der Waals surface area (Å²) in [5.41, 5.74) is 1.42. The molecular formula is C19H14ClFN2O. The SMILES string of the molecule is O=C(NC(c1ccccc1)c1ccccn1)c1cc(Cl)ccc1F. The molecule has 1 aromatic heterocycles. The first-order valence-electron chi connectivity index (χ1n) is 7.37. The van der Waals surface area contributed by atoms with Gasteiger partial charge in [-0.1, -0.05) is 48.0 Å². The molecule has 1 atom stereocenters. The van der Waals surface area contributed by atoms with Crippen LogP contribution < -0.4 is 5.32 Å². The summed E-state index contributed by atoms with van der Waals surface area (Å²) in [7, 11) is 0. The highest BCUT2D eigenvalue weighted by Crippen LogP contribution is 2.22. The lowest BCUT2D eigenvalue weighted by atomic mass is 10.0. The Morgan fingerprint density at radius 2 is 1.79 bits per heavy atom. The molecule has 0 saturated heterocycles. The predicted molar refractivity (Wildman–Crippen MR) is 91.4 cm³/mol. The van der Waals surface area contributed by atoms with Crippen LogP contribution in [0.25, 0.3) is 0 Å². The van der Waals surface area contributed by atoms with Gasteiger partial charge in [0, 0.05) is 11.2 Å². The van der Waals surface area contributed by atoms with Crippen molar-refractivity contribution < 1.29 is 9.18 Å². The van der Waals surface area contributed by atoms with Crippen LogP contribution in [0.3, 0.4) is 0 Å². The fourth-order valence-electron chi connectivity index (χ4n) is 2.40. The largest absolute Gasteiger partial charge is 0.339 e. The third-order valence-electron chi connectivity index (χ3n) is 3.56. The van der Waals surface area contributed by atoms with Gasteiger partial charge in [-0.25, -0.2) is 4.39 Å². The van der Waals surface area contributed by atoms with Gasteiger partial charge in [0.2, 0.25) is 0 Å². The lowest BCUT2D eigenvalue weighted by Gasteiger charge is -2.19. The van der Waals surface area contributed by atoms with Crippen LogP contribution in [-0.2, 0) is 0 Å². The Bertz CT molecular complexity index is 801. The first kappa shape index (κ1) is 16.1. The second-order valence-corrected chi connectivity index (χ2v) is 5.63. The number of halogens is 2. The summed E-state index contributed by atoms with van der Waals surface area (Å²) < 4.78 is 13.9. The van der Waals surface area contributed by atoms with Gasteiger partial charge in [0.15, 0.2) is 0 Å². The number of rotatable bonds is 4. The van der Waals surface area contributed by atoms with Crippen LogP contribution in [0.1, 0.15) is 27.7 Å². The first-order valence-corrected chi connectivity index (χ1v) is 7.75. The standard InChI is InChI=1S/C19H14ClFN2O/c20-14-9-10-16(21)15(12-14)19(24)23-18(13-6-2-1-3-7-13)17-8-4-5-11-22-17/h1-12,18H,(H,23,24). The summed E-state index contributed by atoms with van der Waals surface area (Å²) in [5, 5.41) is 3.14. The van der Waals surface area contributed by atoms with Crippen LogP contribution in [-0.4, -0.2) is 10.9 Å². The Labute approximate surface area is 144 Å². The summed E-state index contributed by atoms with van der Waals surface area (Å²) in [6.07, 6.45) is 1.65. The maximum Gasteiger partial charge on any atom is 0.255 e. The number of hydrogen-bond donors (Lipinski definition) is 1. The van der Waals surface area contributed by atoms with Gasteiger partial charge >= 0.3 is 0 Å². The van der Waals surface area contributed by atoms with E-state index in [1.165, 1.54) is 18.2 Å². The summed E-state index contributed by atoms with van der Waals surface area (Å²) in [6, 6.07) is 18.2. The van der Waals surface area contributed by atoms with Crippen LogP contribution in [0.4, 0.5) is 4.39 Å². The quantitative estimate of drug-likeness (QED) is 0.765. The fraction of sp³-hybridized carbons (Fsp3) is 0.0526. The average molecular weight is 341 g/mol. The van der Waals surface area contributed by atoms with Gasteiger partial charge in [-0.15, -0.1) is 0 Å². The smallest absolute Gasteiger partial charge is 0.255 e. The van der Waals surface area contributed by atoms with E-state index in [1.54, 1.807) is 12.3 Å². The first-order chi connectivity index (χ1) is 11.6. The zero-order chi connectivity index (χ0) is 16.9. The van der Waals surface area contributed by atoms with Crippen molar-refractivity contribution >= 4 is 17.5 Å². The van der Waals surface area contributed by atoms with E-state index in [4.69, 9.17) is 11.6 Å². The second kappa shape index (κ2) is 7.23. The number of pyridine rings is 1. The lowest BCUT2D eigenvalue weighted by Crippen LogP contribution is -2.30. The van der Waals surface area contributed by atoms with Gasteiger partial charge in [-0.3, -0.25) is 9.78 Å². The monoisotopic (exact) mass is 340 g/mol. The van der Waals surface area contributed by atoms with Crippen molar-refractivity contribution in [2.24, 2.45) is 0 Å². The molecule has 5 heteroatoms. The molecule has 120 valence electrons. The topological polar surface area (TPSA) is 42.0 Å². The van der Waals surface area contributed by atoms with Gasteiger partial charge < -0.3 is 5.32 Å². The molecule has 0 saturated carbocycles. The normalized spacial score (nSPS) is 11.8. The molecule has 3 nitrogen and oxygen atoms in total. The number of aromatic nitrogens is 1. The van der Waals surface area contributed by atoms with Crippen molar-refractivity contribution in [1.82, 2.24) is 10.3 Å². The third kappa shape index (κ3) is 3.60. The van der Waals surface area contributed by atoms with Gasteiger partial charge in [0.05, 0.1) is 17.3 Å². The minimum Gasteiger partial charge on any atom is -0.339 e. The number of nitrogens with zero attached hydrogens (tertiary/aromatic N) is 1. The highest BCUT2D eigenvalue weighted by atomic mass is 35.5. The summed E-state index contributed by atoms with van der Waals surface area (Å²) >= 11 is 5.87. The molecule has 0 aliphatic rings. The molecule has 1 heterocycles. The molecule has 0 radical (unpaired) electrons. The molecule has 1 unspecified atom stereocenters. The van der Waals surface area contributed by atoms with Crippen LogP contribution >= 0.6 is 11.6 Å².